The number of fused-ring (bicyclic) bond motifs is 1. The number of H-pyrrole nitrogens is 1. The first kappa shape index (κ1) is 14.8. The van der Waals surface area contributed by atoms with Crippen LogP contribution in [0.25, 0.3) is 16.8 Å². The van der Waals surface area contributed by atoms with E-state index in [1.807, 2.05) is 0 Å². The van der Waals surface area contributed by atoms with Crippen molar-refractivity contribution in [3.05, 3.63) is 46.5 Å². The number of aromatic nitrogens is 4. The fourth-order valence-corrected chi connectivity index (χ4v) is 2.84. The number of aromatic amines is 1. The minimum atomic E-state index is -0.305. The van der Waals surface area contributed by atoms with Crippen LogP contribution in [0.1, 0.15) is 13.8 Å². The molecule has 1 aromatic carbocycles. The summed E-state index contributed by atoms with van der Waals surface area (Å²) in [4.78, 5) is 11.9. The molecule has 5 nitrogen and oxygen atoms in total. The molecule has 0 saturated carbocycles. The van der Waals surface area contributed by atoms with Gasteiger partial charge in [0.15, 0.2) is 0 Å². The van der Waals surface area contributed by atoms with Gasteiger partial charge in [-0.05, 0) is 36.2 Å². The van der Waals surface area contributed by atoms with E-state index in [0.717, 1.165) is 11.3 Å². The minimum Gasteiger partial charge on any atom is -0.266 e. The van der Waals surface area contributed by atoms with Gasteiger partial charge in [0.2, 0.25) is 5.16 Å². The Morgan fingerprint density at radius 1 is 1.32 bits per heavy atom. The van der Waals surface area contributed by atoms with Gasteiger partial charge in [0.25, 0.3) is 5.56 Å². The minimum absolute atomic E-state index is 0.297. The van der Waals surface area contributed by atoms with Gasteiger partial charge in [-0.15, -0.1) is 5.10 Å². The first-order valence-electron chi connectivity index (χ1n) is 6.92. The number of hydrogen-bond donors (Lipinski definition) is 1. The van der Waals surface area contributed by atoms with Crippen LogP contribution in [0.3, 0.4) is 0 Å². The summed E-state index contributed by atoms with van der Waals surface area (Å²) in [5.74, 6) is 1.07. The molecular weight excluding hydrogens is 303 g/mol. The van der Waals surface area contributed by atoms with Crippen LogP contribution in [-0.2, 0) is 0 Å². The Hall–Kier alpha value is -2.15. The van der Waals surface area contributed by atoms with Crippen molar-refractivity contribution in [3.8, 4) is 11.3 Å². The highest BCUT2D eigenvalue weighted by molar-refractivity contribution is 7.99. The summed E-state index contributed by atoms with van der Waals surface area (Å²) >= 11 is 1.54. The number of rotatable bonds is 4. The maximum Gasteiger partial charge on any atom is 0.290 e. The summed E-state index contributed by atoms with van der Waals surface area (Å²) < 4.78 is 14.6. The standard InChI is InChI=1S/C15H15FN4OS/c1-9(2)8-22-15-18-17-14(21)13-7-12(19-20(13)15)10-3-5-11(16)6-4-10/h3-7,9H,8H2,1-2H3,(H,17,21). The molecule has 1 N–H and O–H groups in total. The van der Waals surface area contributed by atoms with E-state index in [0.29, 0.717) is 22.3 Å². The number of benzene rings is 1. The van der Waals surface area contributed by atoms with Crippen LogP contribution in [-0.4, -0.2) is 25.6 Å². The maximum atomic E-state index is 13.0. The molecule has 3 rings (SSSR count). The lowest BCUT2D eigenvalue weighted by Crippen LogP contribution is -2.14. The van der Waals surface area contributed by atoms with Crippen molar-refractivity contribution in [1.29, 1.82) is 0 Å². The SMILES string of the molecule is CC(C)CSc1n[nH]c(=O)c2cc(-c3ccc(F)cc3)nn12. The molecular formula is C15H15FN4OS. The normalized spacial score (nSPS) is 11.5. The Morgan fingerprint density at radius 2 is 2.05 bits per heavy atom. The van der Waals surface area contributed by atoms with Crippen LogP contribution in [0, 0.1) is 11.7 Å². The zero-order valence-electron chi connectivity index (χ0n) is 12.2. The molecule has 2 aromatic heterocycles. The quantitative estimate of drug-likeness (QED) is 0.751. The Balaban J connectivity index is 2.07. The highest BCUT2D eigenvalue weighted by atomic mass is 32.2. The zero-order chi connectivity index (χ0) is 15.7. The number of halogens is 1. The second-order valence-corrected chi connectivity index (χ2v) is 6.36. The van der Waals surface area contributed by atoms with E-state index in [1.165, 1.54) is 23.9 Å². The molecule has 114 valence electrons. The molecule has 0 aliphatic carbocycles. The number of nitrogens with one attached hydrogen (secondary N) is 1. The Morgan fingerprint density at radius 3 is 2.73 bits per heavy atom. The van der Waals surface area contributed by atoms with E-state index in [9.17, 15) is 9.18 Å². The first-order valence-corrected chi connectivity index (χ1v) is 7.90. The Kier molecular flexibility index (Phi) is 3.98. The smallest absolute Gasteiger partial charge is 0.266 e. The molecule has 0 saturated heterocycles. The van der Waals surface area contributed by atoms with Gasteiger partial charge in [-0.25, -0.2) is 14.0 Å². The van der Waals surface area contributed by atoms with E-state index in [4.69, 9.17) is 0 Å². The summed E-state index contributed by atoms with van der Waals surface area (Å²) in [7, 11) is 0. The zero-order valence-corrected chi connectivity index (χ0v) is 13.0. The maximum absolute atomic E-state index is 13.0. The van der Waals surface area contributed by atoms with Crippen molar-refractivity contribution in [2.75, 3.05) is 5.75 Å². The molecule has 3 aromatic rings. The molecule has 0 radical (unpaired) electrons. The fraction of sp³-hybridized carbons (Fsp3) is 0.267. The topological polar surface area (TPSA) is 63.0 Å². The molecule has 0 aliphatic rings. The number of hydrogen-bond acceptors (Lipinski definition) is 4. The lowest BCUT2D eigenvalue weighted by Gasteiger charge is -2.04. The molecule has 0 amide bonds. The van der Waals surface area contributed by atoms with E-state index >= 15 is 0 Å². The van der Waals surface area contributed by atoms with Crippen molar-refractivity contribution in [2.45, 2.75) is 19.0 Å². The fourth-order valence-electron chi connectivity index (χ4n) is 1.99. The molecule has 7 heteroatoms. The lowest BCUT2D eigenvalue weighted by atomic mass is 10.1. The van der Waals surface area contributed by atoms with Gasteiger partial charge >= 0.3 is 0 Å². The Bertz CT molecular complexity index is 854. The summed E-state index contributed by atoms with van der Waals surface area (Å²) in [5.41, 5.74) is 1.50. The molecule has 0 spiro atoms. The highest BCUT2D eigenvalue weighted by Crippen LogP contribution is 2.22. The van der Waals surface area contributed by atoms with Crippen LogP contribution in [0.15, 0.2) is 40.3 Å². The van der Waals surface area contributed by atoms with Crippen molar-refractivity contribution < 1.29 is 4.39 Å². The van der Waals surface area contributed by atoms with Crippen LogP contribution in [0.5, 0.6) is 0 Å². The summed E-state index contributed by atoms with van der Waals surface area (Å²) in [5, 5.41) is 11.6. The molecule has 2 heterocycles. The monoisotopic (exact) mass is 318 g/mol. The molecule has 0 aliphatic heterocycles. The molecule has 0 unspecified atom stereocenters. The third kappa shape index (κ3) is 2.89. The van der Waals surface area contributed by atoms with Gasteiger partial charge in [0, 0.05) is 11.3 Å². The molecule has 0 bridgehead atoms. The third-order valence-corrected chi connectivity index (χ3v) is 4.42. The molecule has 22 heavy (non-hydrogen) atoms. The van der Waals surface area contributed by atoms with Crippen molar-refractivity contribution in [2.24, 2.45) is 5.92 Å². The van der Waals surface area contributed by atoms with Gasteiger partial charge in [-0.1, -0.05) is 25.6 Å². The predicted molar refractivity (Wildman–Crippen MR) is 84.6 cm³/mol. The predicted octanol–water partition coefficient (Wildman–Crippen LogP) is 2.97. The van der Waals surface area contributed by atoms with Crippen molar-refractivity contribution >= 4 is 17.3 Å². The molecule has 0 fully saturated rings. The van der Waals surface area contributed by atoms with E-state index in [-0.39, 0.29) is 11.4 Å². The second kappa shape index (κ2) is 5.92. The number of thioether (sulfide) groups is 1. The van der Waals surface area contributed by atoms with Gasteiger partial charge in [0.05, 0.1) is 5.69 Å². The number of nitrogens with zero attached hydrogens (tertiary/aromatic N) is 3. The van der Waals surface area contributed by atoms with Gasteiger partial charge < -0.3 is 0 Å². The Labute approximate surface area is 130 Å². The second-order valence-electron chi connectivity index (χ2n) is 5.37. The van der Waals surface area contributed by atoms with Crippen LogP contribution < -0.4 is 5.56 Å². The highest BCUT2D eigenvalue weighted by Gasteiger charge is 2.12. The largest absolute Gasteiger partial charge is 0.290 e. The summed E-state index contributed by atoms with van der Waals surface area (Å²) in [6.07, 6.45) is 0. The van der Waals surface area contributed by atoms with Crippen molar-refractivity contribution in [1.82, 2.24) is 19.8 Å². The first-order chi connectivity index (χ1) is 10.5. The van der Waals surface area contributed by atoms with Gasteiger partial charge in [-0.3, -0.25) is 4.79 Å². The summed E-state index contributed by atoms with van der Waals surface area (Å²) in [6, 6.07) is 7.71. The van der Waals surface area contributed by atoms with Crippen molar-refractivity contribution in [3.63, 3.8) is 0 Å². The van der Waals surface area contributed by atoms with Gasteiger partial charge in [0.1, 0.15) is 11.3 Å². The van der Waals surface area contributed by atoms with Crippen LogP contribution in [0.4, 0.5) is 4.39 Å². The molecule has 0 atom stereocenters. The average Bonchev–Trinajstić information content (AvgIpc) is 2.93. The van der Waals surface area contributed by atoms with Crippen LogP contribution in [0.2, 0.25) is 0 Å². The van der Waals surface area contributed by atoms with Gasteiger partial charge in [-0.2, -0.15) is 5.10 Å². The summed E-state index contributed by atoms with van der Waals surface area (Å²) in [6.45, 7) is 4.23. The lowest BCUT2D eigenvalue weighted by molar-refractivity contribution is 0.628. The van der Waals surface area contributed by atoms with E-state index in [1.54, 1.807) is 22.7 Å². The average molecular weight is 318 g/mol. The van der Waals surface area contributed by atoms with E-state index in [2.05, 4.69) is 29.1 Å². The van der Waals surface area contributed by atoms with Crippen LogP contribution >= 0.6 is 11.8 Å². The van der Waals surface area contributed by atoms with E-state index < -0.39 is 0 Å². The third-order valence-electron chi connectivity index (χ3n) is 3.06.